The fourth-order valence-corrected chi connectivity index (χ4v) is 2.53. The van der Waals surface area contributed by atoms with Crippen LogP contribution < -0.4 is 14.8 Å². The molecule has 9 nitrogen and oxygen atoms in total. The summed E-state index contributed by atoms with van der Waals surface area (Å²) in [5.41, 5.74) is 0.662. The molecule has 27 heavy (non-hydrogen) atoms. The first-order valence-corrected chi connectivity index (χ1v) is 7.85. The first-order chi connectivity index (χ1) is 13.0. The third-order valence-corrected chi connectivity index (χ3v) is 3.83. The zero-order valence-electron chi connectivity index (χ0n) is 14.6. The van der Waals surface area contributed by atoms with E-state index < -0.39 is 10.8 Å². The van der Waals surface area contributed by atoms with Crippen LogP contribution in [-0.2, 0) is 0 Å². The van der Waals surface area contributed by atoms with E-state index in [0.717, 1.165) is 0 Å². The van der Waals surface area contributed by atoms with Gasteiger partial charge in [0.15, 0.2) is 11.5 Å². The van der Waals surface area contributed by atoms with E-state index in [1.807, 2.05) is 0 Å². The molecule has 0 bridgehead atoms. The van der Waals surface area contributed by atoms with Gasteiger partial charge in [0.2, 0.25) is 0 Å². The van der Waals surface area contributed by atoms with Crippen molar-refractivity contribution in [3.05, 3.63) is 70.5 Å². The monoisotopic (exact) mass is 368 g/mol. The number of methoxy groups -OCH3 is 2. The van der Waals surface area contributed by atoms with E-state index in [9.17, 15) is 14.9 Å². The fraction of sp³-hybridized carbons (Fsp3) is 0.111. The number of anilines is 1. The zero-order valence-corrected chi connectivity index (χ0v) is 14.6. The van der Waals surface area contributed by atoms with E-state index in [-0.39, 0.29) is 16.9 Å². The molecule has 0 aliphatic heterocycles. The van der Waals surface area contributed by atoms with Crippen molar-refractivity contribution in [1.29, 1.82) is 0 Å². The molecule has 0 saturated heterocycles. The van der Waals surface area contributed by atoms with Crippen LogP contribution in [0.3, 0.4) is 0 Å². The van der Waals surface area contributed by atoms with Crippen LogP contribution in [0.1, 0.15) is 10.4 Å². The highest BCUT2D eigenvalue weighted by molar-refractivity contribution is 6.05. The van der Waals surface area contributed by atoms with Gasteiger partial charge in [0.25, 0.3) is 11.6 Å². The minimum atomic E-state index is -0.551. The summed E-state index contributed by atoms with van der Waals surface area (Å²) in [6, 6.07) is 10.7. The maximum atomic E-state index is 12.5. The number of nitro groups is 1. The second kappa shape index (κ2) is 7.56. The van der Waals surface area contributed by atoms with Crippen molar-refractivity contribution < 1.29 is 19.2 Å². The average Bonchev–Trinajstić information content (AvgIpc) is 3.21. The van der Waals surface area contributed by atoms with Crippen LogP contribution >= 0.6 is 0 Å². The van der Waals surface area contributed by atoms with Crippen LogP contribution in [0.2, 0.25) is 0 Å². The van der Waals surface area contributed by atoms with Gasteiger partial charge in [-0.1, -0.05) is 0 Å². The Morgan fingerprint density at radius 1 is 1.15 bits per heavy atom. The number of nitrogens with one attached hydrogen (secondary N) is 1. The summed E-state index contributed by atoms with van der Waals surface area (Å²) >= 11 is 0. The predicted molar refractivity (Wildman–Crippen MR) is 97.7 cm³/mol. The van der Waals surface area contributed by atoms with E-state index in [2.05, 4.69) is 10.4 Å². The lowest BCUT2D eigenvalue weighted by Crippen LogP contribution is -2.13. The smallest absolute Gasteiger partial charge is 0.295 e. The molecule has 3 aromatic rings. The summed E-state index contributed by atoms with van der Waals surface area (Å²) in [5, 5.41) is 18.1. The average molecular weight is 368 g/mol. The summed E-state index contributed by atoms with van der Waals surface area (Å²) in [6.07, 6.45) is 3.10. The molecule has 0 saturated carbocycles. The SMILES string of the molecule is COc1ccc(NC(=O)c2ccc(-n3cccn3)c([N+](=O)[O-])c2)cc1OC. The Kier molecular flexibility index (Phi) is 5.02. The van der Waals surface area contributed by atoms with Gasteiger partial charge in [0.1, 0.15) is 5.69 Å². The lowest BCUT2D eigenvalue weighted by Gasteiger charge is -2.11. The highest BCUT2D eigenvalue weighted by Gasteiger charge is 2.19. The first-order valence-electron chi connectivity index (χ1n) is 7.85. The maximum absolute atomic E-state index is 12.5. The molecule has 3 rings (SSSR count). The number of carbonyl (C=O) groups excluding carboxylic acids is 1. The normalized spacial score (nSPS) is 10.3. The second-order valence-electron chi connectivity index (χ2n) is 5.44. The Hall–Kier alpha value is -3.88. The second-order valence-corrected chi connectivity index (χ2v) is 5.44. The van der Waals surface area contributed by atoms with Gasteiger partial charge in [-0.25, -0.2) is 4.68 Å². The van der Waals surface area contributed by atoms with Crippen molar-refractivity contribution >= 4 is 17.3 Å². The van der Waals surface area contributed by atoms with Gasteiger partial charge >= 0.3 is 0 Å². The number of hydrogen-bond acceptors (Lipinski definition) is 6. The largest absolute Gasteiger partial charge is 0.493 e. The Balaban J connectivity index is 1.89. The number of amides is 1. The van der Waals surface area contributed by atoms with Gasteiger partial charge in [-0.15, -0.1) is 0 Å². The number of benzene rings is 2. The molecule has 1 aromatic heterocycles. The van der Waals surface area contributed by atoms with E-state index >= 15 is 0 Å². The van der Waals surface area contributed by atoms with Crippen molar-refractivity contribution in [3.63, 3.8) is 0 Å². The summed E-state index contributed by atoms with van der Waals surface area (Å²) < 4.78 is 11.7. The van der Waals surface area contributed by atoms with Crippen molar-refractivity contribution in [2.75, 3.05) is 19.5 Å². The Morgan fingerprint density at radius 2 is 1.93 bits per heavy atom. The molecule has 9 heteroatoms. The summed E-state index contributed by atoms with van der Waals surface area (Å²) in [5.74, 6) is 0.488. The van der Waals surface area contributed by atoms with Crippen LogP contribution in [0.15, 0.2) is 54.9 Å². The molecule has 0 radical (unpaired) electrons. The Bertz CT molecular complexity index is 985. The van der Waals surface area contributed by atoms with E-state index in [0.29, 0.717) is 17.2 Å². The molecule has 0 atom stereocenters. The lowest BCUT2D eigenvalue weighted by molar-refractivity contribution is -0.384. The quantitative estimate of drug-likeness (QED) is 0.529. The minimum absolute atomic E-state index is 0.146. The number of nitro benzene ring substituents is 1. The predicted octanol–water partition coefficient (Wildman–Crippen LogP) is 3.05. The zero-order chi connectivity index (χ0) is 19.4. The Morgan fingerprint density at radius 3 is 2.56 bits per heavy atom. The molecular weight excluding hydrogens is 352 g/mol. The van der Waals surface area contributed by atoms with Crippen LogP contribution in [0.5, 0.6) is 11.5 Å². The van der Waals surface area contributed by atoms with Gasteiger partial charge in [0.05, 0.1) is 19.1 Å². The van der Waals surface area contributed by atoms with Crippen molar-refractivity contribution in [2.45, 2.75) is 0 Å². The third kappa shape index (κ3) is 3.71. The van der Waals surface area contributed by atoms with Crippen LogP contribution in [0, 0.1) is 10.1 Å². The van der Waals surface area contributed by atoms with Gasteiger partial charge in [-0.05, 0) is 30.3 Å². The number of aromatic nitrogens is 2. The number of ether oxygens (including phenoxy) is 2. The van der Waals surface area contributed by atoms with Gasteiger partial charge in [0, 0.05) is 35.8 Å². The molecule has 138 valence electrons. The molecule has 0 unspecified atom stereocenters. The van der Waals surface area contributed by atoms with Gasteiger partial charge < -0.3 is 14.8 Å². The van der Waals surface area contributed by atoms with Crippen LogP contribution in [0.25, 0.3) is 5.69 Å². The molecule has 0 spiro atoms. The molecule has 0 aliphatic carbocycles. The van der Waals surface area contributed by atoms with E-state index in [1.165, 1.54) is 43.3 Å². The molecular formula is C18H16N4O5. The van der Waals surface area contributed by atoms with E-state index in [1.54, 1.807) is 30.5 Å². The molecule has 1 heterocycles. The summed E-state index contributed by atoms with van der Waals surface area (Å²) in [6.45, 7) is 0. The van der Waals surface area contributed by atoms with E-state index in [4.69, 9.17) is 9.47 Å². The van der Waals surface area contributed by atoms with Crippen molar-refractivity contribution in [2.24, 2.45) is 0 Å². The number of nitrogens with zero attached hydrogens (tertiary/aromatic N) is 3. The number of hydrogen-bond donors (Lipinski definition) is 1. The topological polar surface area (TPSA) is 109 Å². The van der Waals surface area contributed by atoms with Crippen LogP contribution in [0.4, 0.5) is 11.4 Å². The highest BCUT2D eigenvalue weighted by atomic mass is 16.6. The van der Waals surface area contributed by atoms with Crippen molar-refractivity contribution in [1.82, 2.24) is 9.78 Å². The summed E-state index contributed by atoms with van der Waals surface area (Å²) in [4.78, 5) is 23.4. The summed E-state index contributed by atoms with van der Waals surface area (Å²) in [7, 11) is 3.00. The number of carbonyl (C=O) groups is 1. The van der Waals surface area contributed by atoms with Crippen LogP contribution in [-0.4, -0.2) is 34.8 Å². The fourth-order valence-electron chi connectivity index (χ4n) is 2.53. The minimum Gasteiger partial charge on any atom is -0.493 e. The molecule has 0 fully saturated rings. The number of rotatable bonds is 6. The molecule has 0 aliphatic rings. The molecule has 1 N–H and O–H groups in total. The molecule has 2 aromatic carbocycles. The van der Waals surface area contributed by atoms with Gasteiger partial charge in [-0.2, -0.15) is 5.10 Å². The lowest BCUT2D eigenvalue weighted by atomic mass is 10.1. The highest BCUT2D eigenvalue weighted by Crippen LogP contribution is 2.30. The van der Waals surface area contributed by atoms with Crippen molar-refractivity contribution in [3.8, 4) is 17.2 Å². The maximum Gasteiger partial charge on any atom is 0.295 e. The molecule has 1 amide bonds. The standard InChI is InChI=1S/C18H16N4O5/c1-26-16-7-5-13(11-17(16)27-2)20-18(23)12-4-6-14(15(10-12)22(24)25)21-9-3-8-19-21/h3-11H,1-2H3,(H,20,23). The Labute approximate surface area is 154 Å². The third-order valence-electron chi connectivity index (χ3n) is 3.83. The van der Waals surface area contributed by atoms with Gasteiger partial charge in [-0.3, -0.25) is 14.9 Å². The first kappa shape index (κ1) is 17.9.